The van der Waals surface area contributed by atoms with Crippen molar-refractivity contribution in [1.82, 2.24) is 9.88 Å². The van der Waals surface area contributed by atoms with Crippen molar-refractivity contribution in [2.75, 3.05) is 0 Å². The zero-order valence-electron chi connectivity index (χ0n) is 10.1. The van der Waals surface area contributed by atoms with Crippen LogP contribution in [0.3, 0.4) is 0 Å². The van der Waals surface area contributed by atoms with Crippen LogP contribution in [-0.4, -0.2) is 27.3 Å². The fourth-order valence-corrected chi connectivity index (χ4v) is 1.21. The third kappa shape index (κ3) is 4.18. The van der Waals surface area contributed by atoms with Crippen LogP contribution in [-0.2, 0) is 11.4 Å². The largest absolute Gasteiger partial charge is 0.477 e. The van der Waals surface area contributed by atoms with Crippen LogP contribution in [0.15, 0.2) is 18.3 Å². The van der Waals surface area contributed by atoms with Crippen LogP contribution < -0.4 is 5.32 Å². The van der Waals surface area contributed by atoms with Gasteiger partial charge in [0.1, 0.15) is 11.3 Å². The third-order valence-corrected chi connectivity index (χ3v) is 1.84. The molecule has 17 heavy (non-hydrogen) atoms. The summed E-state index contributed by atoms with van der Waals surface area (Å²) in [6.45, 7) is 5.32. The van der Waals surface area contributed by atoms with Crippen LogP contribution in [0.25, 0.3) is 0 Å². The van der Waals surface area contributed by atoms with Gasteiger partial charge < -0.3 is 19.7 Å². The van der Waals surface area contributed by atoms with Crippen LogP contribution in [0.1, 0.15) is 31.3 Å². The minimum Gasteiger partial charge on any atom is -0.477 e. The molecule has 94 valence electrons. The summed E-state index contributed by atoms with van der Waals surface area (Å²) < 4.78 is 6.43. The summed E-state index contributed by atoms with van der Waals surface area (Å²) >= 11 is 0. The molecule has 2 N–H and O–H groups in total. The Morgan fingerprint density at radius 2 is 2.12 bits per heavy atom. The van der Waals surface area contributed by atoms with E-state index in [1.54, 1.807) is 33.0 Å². The first-order chi connectivity index (χ1) is 7.79. The second-order valence-corrected chi connectivity index (χ2v) is 4.51. The van der Waals surface area contributed by atoms with Crippen LogP contribution in [0.5, 0.6) is 0 Å². The Kier molecular flexibility index (Phi) is 3.77. The quantitative estimate of drug-likeness (QED) is 0.842. The molecule has 1 amide bonds. The standard InChI is InChI=1S/C11H16N2O4/c1-11(2,3)17-10(16)12-7-13-6-4-5-8(13)9(14)15/h4-6H,7H2,1-3H3,(H,12,16)(H,14,15). The monoisotopic (exact) mass is 240 g/mol. The predicted octanol–water partition coefficient (Wildman–Crippen LogP) is 1.67. The number of aromatic nitrogens is 1. The molecule has 6 nitrogen and oxygen atoms in total. The number of carboxylic acids is 1. The Bertz CT molecular complexity index is 417. The van der Waals surface area contributed by atoms with E-state index in [9.17, 15) is 9.59 Å². The number of rotatable bonds is 3. The van der Waals surface area contributed by atoms with E-state index in [0.29, 0.717) is 0 Å². The van der Waals surface area contributed by atoms with Gasteiger partial charge in [0.25, 0.3) is 0 Å². The number of amides is 1. The van der Waals surface area contributed by atoms with Gasteiger partial charge in [-0.25, -0.2) is 9.59 Å². The number of hydrogen-bond donors (Lipinski definition) is 2. The lowest BCUT2D eigenvalue weighted by Crippen LogP contribution is -2.34. The lowest BCUT2D eigenvalue weighted by atomic mass is 10.2. The fourth-order valence-electron chi connectivity index (χ4n) is 1.21. The highest BCUT2D eigenvalue weighted by molar-refractivity contribution is 5.85. The van der Waals surface area contributed by atoms with Crippen molar-refractivity contribution in [3.05, 3.63) is 24.0 Å². The van der Waals surface area contributed by atoms with Crippen molar-refractivity contribution in [2.24, 2.45) is 0 Å². The molecular weight excluding hydrogens is 224 g/mol. The van der Waals surface area contributed by atoms with Crippen molar-refractivity contribution in [1.29, 1.82) is 0 Å². The van der Waals surface area contributed by atoms with E-state index in [2.05, 4.69) is 5.32 Å². The van der Waals surface area contributed by atoms with Gasteiger partial charge in [-0.1, -0.05) is 0 Å². The van der Waals surface area contributed by atoms with Crippen LogP contribution in [0.4, 0.5) is 4.79 Å². The molecule has 0 aliphatic rings. The normalized spacial score (nSPS) is 11.0. The van der Waals surface area contributed by atoms with Gasteiger partial charge in [0.2, 0.25) is 0 Å². The van der Waals surface area contributed by atoms with Gasteiger partial charge >= 0.3 is 12.1 Å². The van der Waals surface area contributed by atoms with E-state index >= 15 is 0 Å². The van der Waals surface area contributed by atoms with Crippen LogP contribution in [0, 0.1) is 0 Å². The van der Waals surface area contributed by atoms with Gasteiger partial charge in [-0.2, -0.15) is 0 Å². The summed E-state index contributed by atoms with van der Waals surface area (Å²) in [5.41, 5.74) is -0.461. The molecule has 0 aromatic carbocycles. The summed E-state index contributed by atoms with van der Waals surface area (Å²) in [4.78, 5) is 22.1. The molecule has 1 aromatic heterocycles. The lowest BCUT2D eigenvalue weighted by molar-refractivity contribution is 0.0505. The molecule has 0 unspecified atom stereocenters. The lowest BCUT2D eigenvalue weighted by Gasteiger charge is -2.20. The summed E-state index contributed by atoms with van der Waals surface area (Å²) in [5, 5.41) is 11.3. The van der Waals surface area contributed by atoms with Gasteiger partial charge in [-0.05, 0) is 32.9 Å². The van der Waals surface area contributed by atoms with Crippen LogP contribution >= 0.6 is 0 Å². The number of hydrogen-bond acceptors (Lipinski definition) is 3. The van der Waals surface area contributed by atoms with Crippen molar-refractivity contribution in [3.63, 3.8) is 0 Å². The number of carboxylic acid groups (broad SMARTS) is 1. The highest BCUT2D eigenvalue weighted by Gasteiger charge is 2.16. The third-order valence-electron chi connectivity index (χ3n) is 1.84. The van der Waals surface area contributed by atoms with Crippen molar-refractivity contribution >= 4 is 12.1 Å². The van der Waals surface area contributed by atoms with Crippen molar-refractivity contribution < 1.29 is 19.4 Å². The number of ether oxygens (including phenoxy) is 1. The van der Waals surface area contributed by atoms with E-state index < -0.39 is 17.7 Å². The molecule has 0 aliphatic carbocycles. The maximum Gasteiger partial charge on any atom is 0.409 e. The molecular formula is C11H16N2O4. The minimum absolute atomic E-state index is 0.0591. The van der Waals surface area contributed by atoms with Crippen molar-refractivity contribution in [2.45, 2.75) is 33.0 Å². The SMILES string of the molecule is CC(C)(C)OC(=O)NCn1cccc1C(=O)O. The molecule has 1 rings (SSSR count). The first kappa shape index (κ1) is 13.1. The average molecular weight is 240 g/mol. The van der Waals surface area contributed by atoms with Gasteiger partial charge in [0, 0.05) is 6.20 Å². The second-order valence-electron chi connectivity index (χ2n) is 4.51. The summed E-state index contributed by atoms with van der Waals surface area (Å²) in [7, 11) is 0. The molecule has 1 aromatic rings. The molecule has 0 spiro atoms. The van der Waals surface area contributed by atoms with Gasteiger partial charge in [-0.15, -0.1) is 0 Å². The average Bonchev–Trinajstić information content (AvgIpc) is 2.59. The number of carbonyl (C=O) groups excluding carboxylic acids is 1. The predicted molar refractivity (Wildman–Crippen MR) is 60.8 cm³/mol. The Labute approximate surface area is 99.2 Å². The highest BCUT2D eigenvalue weighted by Crippen LogP contribution is 2.07. The van der Waals surface area contributed by atoms with Crippen molar-refractivity contribution in [3.8, 4) is 0 Å². The molecule has 0 fully saturated rings. The molecule has 0 saturated carbocycles. The summed E-state index contributed by atoms with van der Waals surface area (Å²) in [6.07, 6.45) is 0.989. The Balaban J connectivity index is 2.53. The van der Waals surface area contributed by atoms with E-state index in [-0.39, 0.29) is 12.4 Å². The molecule has 1 heterocycles. The zero-order chi connectivity index (χ0) is 13.1. The fraction of sp³-hybridized carbons (Fsp3) is 0.455. The number of carbonyl (C=O) groups is 2. The first-order valence-electron chi connectivity index (χ1n) is 5.15. The van der Waals surface area contributed by atoms with Crippen LogP contribution in [0.2, 0.25) is 0 Å². The smallest absolute Gasteiger partial charge is 0.409 e. The molecule has 0 aliphatic heterocycles. The van der Waals surface area contributed by atoms with E-state index in [4.69, 9.17) is 9.84 Å². The van der Waals surface area contributed by atoms with E-state index in [0.717, 1.165) is 0 Å². The molecule has 0 radical (unpaired) electrons. The zero-order valence-corrected chi connectivity index (χ0v) is 10.1. The first-order valence-corrected chi connectivity index (χ1v) is 5.15. The Hall–Kier alpha value is -1.98. The molecule has 0 saturated heterocycles. The van der Waals surface area contributed by atoms with Gasteiger partial charge in [0.15, 0.2) is 0 Å². The number of nitrogens with zero attached hydrogens (tertiary/aromatic N) is 1. The highest BCUT2D eigenvalue weighted by atomic mass is 16.6. The summed E-state index contributed by atoms with van der Waals surface area (Å²) in [5.74, 6) is -1.04. The van der Waals surface area contributed by atoms with Gasteiger partial charge in [0.05, 0.1) is 6.67 Å². The van der Waals surface area contributed by atoms with E-state index in [1.807, 2.05) is 0 Å². The number of nitrogens with one attached hydrogen (secondary N) is 1. The molecule has 0 atom stereocenters. The Morgan fingerprint density at radius 3 is 2.65 bits per heavy atom. The second kappa shape index (κ2) is 4.90. The maximum absolute atomic E-state index is 11.3. The number of aromatic carboxylic acids is 1. The maximum atomic E-state index is 11.3. The molecule has 0 bridgehead atoms. The Morgan fingerprint density at radius 1 is 1.47 bits per heavy atom. The molecule has 6 heteroatoms. The topological polar surface area (TPSA) is 80.6 Å². The van der Waals surface area contributed by atoms with Gasteiger partial charge in [-0.3, -0.25) is 0 Å². The van der Waals surface area contributed by atoms with E-state index in [1.165, 1.54) is 10.6 Å². The number of alkyl carbamates (subject to hydrolysis) is 1. The minimum atomic E-state index is -1.04. The summed E-state index contributed by atoms with van der Waals surface area (Å²) in [6, 6.07) is 3.05.